The van der Waals surface area contributed by atoms with Gasteiger partial charge in [-0.25, -0.2) is 4.99 Å². The number of benzene rings is 1. The molecule has 19 heavy (non-hydrogen) atoms. The van der Waals surface area contributed by atoms with Gasteiger partial charge in [-0.1, -0.05) is 6.07 Å². The fourth-order valence-corrected chi connectivity index (χ4v) is 1.96. The van der Waals surface area contributed by atoms with E-state index in [1.54, 1.807) is 6.07 Å². The summed E-state index contributed by atoms with van der Waals surface area (Å²) < 4.78 is 5.29. The van der Waals surface area contributed by atoms with E-state index < -0.39 is 4.92 Å². The van der Waals surface area contributed by atoms with E-state index in [0.29, 0.717) is 18.9 Å². The Balaban J connectivity index is 2.25. The smallest absolute Gasteiger partial charge is 0.271 e. The van der Waals surface area contributed by atoms with Gasteiger partial charge in [-0.3, -0.25) is 10.1 Å². The highest BCUT2D eigenvalue weighted by atomic mass is 16.6. The maximum atomic E-state index is 10.8. The largest absolute Gasteiger partial charge is 0.378 e. The molecular weight excluding hydrogens is 246 g/mol. The molecule has 0 saturated carbocycles. The fourth-order valence-electron chi connectivity index (χ4n) is 1.96. The van der Waals surface area contributed by atoms with Crippen LogP contribution in [0, 0.1) is 17.0 Å². The van der Waals surface area contributed by atoms with Crippen LogP contribution < -0.4 is 0 Å². The molecule has 0 aromatic heterocycles. The molecule has 1 fully saturated rings. The monoisotopic (exact) mass is 263 g/mol. The summed E-state index contributed by atoms with van der Waals surface area (Å²) in [6, 6.07) is 4.74. The zero-order valence-electron chi connectivity index (χ0n) is 11.1. The molecule has 0 aliphatic carbocycles. The summed E-state index contributed by atoms with van der Waals surface area (Å²) in [6.45, 7) is 6.83. The first kappa shape index (κ1) is 13.5. The van der Waals surface area contributed by atoms with E-state index >= 15 is 0 Å². The molecule has 1 aromatic rings. The lowest BCUT2D eigenvalue weighted by molar-refractivity contribution is -0.384. The number of nitrogens with zero attached hydrogens (tertiary/aromatic N) is 3. The number of hydrogen-bond acceptors (Lipinski definition) is 4. The van der Waals surface area contributed by atoms with Gasteiger partial charge in [0, 0.05) is 25.2 Å². The Morgan fingerprint density at radius 1 is 1.42 bits per heavy atom. The van der Waals surface area contributed by atoms with Gasteiger partial charge in [0.1, 0.15) is 5.84 Å². The first-order chi connectivity index (χ1) is 9.08. The van der Waals surface area contributed by atoms with Crippen LogP contribution in [0.2, 0.25) is 0 Å². The van der Waals surface area contributed by atoms with Crippen LogP contribution in [0.1, 0.15) is 12.5 Å². The molecule has 6 heteroatoms. The Bertz CT molecular complexity index is 508. The van der Waals surface area contributed by atoms with Gasteiger partial charge in [0.2, 0.25) is 0 Å². The number of non-ortho nitro benzene ring substituents is 1. The number of rotatable bonds is 2. The van der Waals surface area contributed by atoms with Crippen LogP contribution in [-0.2, 0) is 4.74 Å². The van der Waals surface area contributed by atoms with Crippen molar-refractivity contribution >= 4 is 17.2 Å². The van der Waals surface area contributed by atoms with Gasteiger partial charge in [-0.2, -0.15) is 0 Å². The molecule has 6 nitrogen and oxygen atoms in total. The zero-order valence-corrected chi connectivity index (χ0v) is 11.1. The first-order valence-electron chi connectivity index (χ1n) is 6.21. The van der Waals surface area contributed by atoms with E-state index in [0.717, 1.165) is 24.5 Å². The van der Waals surface area contributed by atoms with Crippen molar-refractivity contribution in [3.63, 3.8) is 0 Å². The lowest BCUT2D eigenvalue weighted by Gasteiger charge is -2.28. The van der Waals surface area contributed by atoms with Crippen molar-refractivity contribution < 1.29 is 9.66 Å². The van der Waals surface area contributed by atoms with Gasteiger partial charge in [-0.05, 0) is 19.4 Å². The fraction of sp³-hybridized carbons (Fsp3) is 0.462. The number of aryl methyl sites for hydroxylation is 1. The van der Waals surface area contributed by atoms with E-state index in [-0.39, 0.29) is 5.69 Å². The normalized spacial score (nSPS) is 16.5. The Morgan fingerprint density at radius 2 is 2.11 bits per heavy atom. The van der Waals surface area contributed by atoms with Crippen LogP contribution in [0.15, 0.2) is 23.2 Å². The SMILES string of the molecule is CC(=Nc1cc([N+](=O)[O-])ccc1C)N1CCOCC1. The van der Waals surface area contributed by atoms with Gasteiger partial charge >= 0.3 is 0 Å². The second-order valence-corrected chi connectivity index (χ2v) is 4.49. The van der Waals surface area contributed by atoms with Crippen LogP contribution >= 0.6 is 0 Å². The number of morpholine rings is 1. The molecule has 0 radical (unpaired) electrons. The zero-order chi connectivity index (χ0) is 13.8. The molecule has 102 valence electrons. The Labute approximate surface area is 111 Å². The summed E-state index contributed by atoms with van der Waals surface area (Å²) in [4.78, 5) is 17.0. The minimum absolute atomic E-state index is 0.0686. The Hall–Kier alpha value is -1.95. The van der Waals surface area contributed by atoms with Crippen LogP contribution in [0.4, 0.5) is 11.4 Å². The summed E-state index contributed by atoms with van der Waals surface area (Å²) in [5, 5.41) is 10.8. The molecule has 0 N–H and O–H groups in total. The lowest BCUT2D eigenvalue weighted by atomic mass is 10.2. The molecular formula is C13H17N3O3. The highest BCUT2D eigenvalue weighted by Crippen LogP contribution is 2.25. The number of nitro groups is 1. The predicted octanol–water partition coefficient (Wildman–Crippen LogP) is 2.29. The van der Waals surface area contributed by atoms with Crippen molar-refractivity contribution in [2.75, 3.05) is 26.3 Å². The number of hydrogen-bond donors (Lipinski definition) is 0. The molecule has 1 aliphatic rings. The maximum Gasteiger partial charge on any atom is 0.271 e. The molecule has 0 spiro atoms. The topological polar surface area (TPSA) is 68.0 Å². The number of aliphatic imine (C=N–C) groups is 1. The standard InChI is InChI=1S/C13H17N3O3/c1-10-3-4-12(16(17)18)9-13(10)14-11(2)15-5-7-19-8-6-15/h3-4,9H,5-8H2,1-2H3. The number of nitro benzene ring substituents is 1. The minimum Gasteiger partial charge on any atom is -0.378 e. The summed E-state index contributed by atoms with van der Waals surface area (Å²) >= 11 is 0. The van der Waals surface area contributed by atoms with Crippen LogP contribution in [0.5, 0.6) is 0 Å². The quantitative estimate of drug-likeness (QED) is 0.355. The van der Waals surface area contributed by atoms with Gasteiger partial charge in [0.15, 0.2) is 0 Å². The van der Waals surface area contributed by atoms with Crippen molar-refractivity contribution in [3.8, 4) is 0 Å². The Kier molecular flexibility index (Phi) is 4.11. The number of ether oxygens (including phenoxy) is 1. The van der Waals surface area contributed by atoms with Crippen LogP contribution in [0.3, 0.4) is 0 Å². The average Bonchev–Trinajstić information content (AvgIpc) is 2.42. The van der Waals surface area contributed by atoms with Crippen LogP contribution in [0.25, 0.3) is 0 Å². The maximum absolute atomic E-state index is 10.8. The molecule has 1 heterocycles. The van der Waals surface area contributed by atoms with E-state index in [4.69, 9.17) is 4.74 Å². The third kappa shape index (κ3) is 3.29. The van der Waals surface area contributed by atoms with Gasteiger partial charge in [0.05, 0.1) is 23.8 Å². The summed E-state index contributed by atoms with van der Waals surface area (Å²) in [6.07, 6.45) is 0. The molecule has 0 unspecified atom stereocenters. The van der Waals surface area contributed by atoms with Crippen LogP contribution in [-0.4, -0.2) is 42.0 Å². The highest BCUT2D eigenvalue weighted by Gasteiger charge is 2.13. The van der Waals surface area contributed by atoms with E-state index in [9.17, 15) is 10.1 Å². The third-order valence-electron chi connectivity index (χ3n) is 3.15. The molecule has 2 rings (SSSR count). The Morgan fingerprint density at radius 3 is 2.74 bits per heavy atom. The van der Waals surface area contributed by atoms with Crippen molar-refractivity contribution in [1.29, 1.82) is 0 Å². The summed E-state index contributed by atoms with van der Waals surface area (Å²) in [7, 11) is 0. The highest BCUT2D eigenvalue weighted by molar-refractivity contribution is 5.83. The minimum atomic E-state index is -0.400. The molecule has 0 atom stereocenters. The number of amidine groups is 1. The summed E-state index contributed by atoms with van der Waals surface area (Å²) in [5.41, 5.74) is 1.65. The van der Waals surface area contributed by atoms with E-state index in [1.807, 2.05) is 13.8 Å². The first-order valence-corrected chi connectivity index (χ1v) is 6.21. The molecule has 1 saturated heterocycles. The van der Waals surface area contributed by atoms with Gasteiger partial charge in [-0.15, -0.1) is 0 Å². The molecule has 1 aliphatic heterocycles. The third-order valence-corrected chi connectivity index (χ3v) is 3.15. The predicted molar refractivity (Wildman–Crippen MR) is 73.0 cm³/mol. The van der Waals surface area contributed by atoms with Crippen molar-refractivity contribution in [2.24, 2.45) is 4.99 Å². The van der Waals surface area contributed by atoms with Gasteiger partial charge < -0.3 is 9.64 Å². The van der Waals surface area contributed by atoms with E-state index in [1.165, 1.54) is 12.1 Å². The average molecular weight is 263 g/mol. The second kappa shape index (κ2) is 5.79. The van der Waals surface area contributed by atoms with E-state index in [2.05, 4.69) is 9.89 Å². The van der Waals surface area contributed by atoms with Crippen molar-refractivity contribution in [1.82, 2.24) is 4.90 Å². The van der Waals surface area contributed by atoms with Gasteiger partial charge in [0.25, 0.3) is 5.69 Å². The lowest BCUT2D eigenvalue weighted by Crippen LogP contribution is -2.39. The summed E-state index contributed by atoms with van der Waals surface area (Å²) in [5.74, 6) is 0.867. The molecule has 1 aromatic carbocycles. The van der Waals surface area contributed by atoms with Crippen molar-refractivity contribution in [2.45, 2.75) is 13.8 Å². The molecule has 0 amide bonds. The van der Waals surface area contributed by atoms with Crippen molar-refractivity contribution in [3.05, 3.63) is 33.9 Å². The molecule has 0 bridgehead atoms. The second-order valence-electron chi connectivity index (χ2n) is 4.49.